The largest absolute Gasteiger partial charge is 0.384 e. The van der Waals surface area contributed by atoms with Gasteiger partial charge in [-0.05, 0) is 30.3 Å². The Kier molecular flexibility index (Phi) is 6.29. The van der Waals surface area contributed by atoms with E-state index in [0.29, 0.717) is 27.6 Å². The molecule has 9 heteroatoms. The first kappa shape index (κ1) is 20.5. The average molecular weight is 428 g/mol. The van der Waals surface area contributed by atoms with Crippen LogP contribution < -0.4 is 10.0 Å². The van der Waals surface area contributed by atoms with Crippen molar-refractivity contribution >= 4 is 38.1 Å². The lowest BCUT2D eigenvalue weighted by Gasteiger charge is -2.09. The smallest absolute Gasteiger partial charge is 0.261 e. The van der Waals surface area contributed by atoms with E-state index in [2.05, 4.69) is 26.9 Å². The normalized spacial score (nSPS) is 10.7. The lowest BCUT2D eigenvalue weighted by molar-refractivity contribution is -0.114. The van der Waals surface area contributed by atoms with Crippen molar-refractivity contribution in [2.45, 2.75) is 11.8 Å². The maximum absolute atomic E-state index is 12.7. The van der Waals surface area contributed by atoms with Crippen LogP contribution in [0.1, 0.15) is 12.5 Å². The van der Waals surface area contributed by atoms with Gasteiger partial charge in [0, 0.05) is 29.1 Å². The summed E-state index contributed by atoms with van der Waals surface area (Å²) in [6.45, 7) is 1.10. The van der Waals surface area contributed by atoms with Crippen LogP contribution >= 0.6 is 11.3 Å². The van der Waals surface area contributed by atoms with Gasteiger partial charge < -0.3 is 10.4 Å². The average Bonchev–Trinajstić information content (AvgIpc) is 3.14. The number of nitrogens with one attached hydrogen (secondary N) is 2. The minimum Gasteiger partial charge on any atom is -0.384 e. The summed E-state index contributed by atoms with van der Waals surface area (Å²) in [5.74, 6) is 4.97. The van der Waals surface area contributed by atoms with E-state index in [9.17, 15) is 13.2 Å². The molecule has 3 rings (SSSR count). The summed E-state index contributed by atoms with van der Waals surface area (Å²) in [5, 5.41) is 13.7. The molecule has 29 heavy (non-hydrogen) atoms. The number of benzene rings is 2. The van der Waals surface area contributed by atoms with Crippen LogP contribution in [0.2, 0.25) is 0 Å². The quantitative estimate of drug-likeness (QED) is 0.543. The SMILES string of the molecule is CC(=O)Nc1nc(-c2cccc(NS(=O)(=O)c3cccc(C#CCO)c3)c2)cs1. The summed E-state index contributed by atoms with van der Waals surface area (Å²) < 4.78 is 28.0. The fourth-order valence-electron chi connectivity index (χ4n) is 2.45. The van der Waals surface area contributed by atoms with Gasteiger partial charge in [0.2, 0.25) is 5.91 Å². The molecule has 0 atom stereocenters. The van der Waals surface area contributed by atoms with E-state index in [4.69, 9.17) is 5.11 Å². The molecule has 2 aromatic carbocycles. The van der Waals surface area contributed by atoms with Gasteiger partial charge in [-0.2, -0.15) is 0 Å². The molecule has 0 fully saturated rings. The fourth-order valence-corrected chi connectivity index (χ4v) is 4.31. The van der Waals surface area contributed by atoms with Gasteiger partial charge in [0.15, 0.2) is 5.13 Å². The van der Waals surface area contributed by atoms with Crippen LogP contribution in [0.4, 0.5) is 10.8 Å². The second-order valence-corrected chi connectivity index (χ2v) is 8.43. The maximum Gasteiger partial charge on any atom is 0.261 e. The number of thiazole rings is 1. The molecule has 0 saturated heterocycles. The van der Waals surface area contributed by atoms with Gasteiger partial charge in [-0.1, -0.05) is 30.0 Å². The van der Waals surface area contributed by atoms with Crippen molar-refractivity contribution in [2.75, 3.05) is 16.6 Å². The van der Waals surface area contributed by atoms with E-state index in [-0.39, 0.29) is 17.4 Å². The van der Waals surface area contributed by atoms with Crippen LogP contribution in [0.5, 0.6) is 0 Å². The highest BCUT2D eigenvalue weighted by Crippen LogP contribution is 2.27. The highest BCUT2D eigenvalue weighted by atomic mass is 32.2. The third-order valence-corrected chi connectivity index (χ3v) is 5.79. The van der Waals surface area contributed by atoms with Crippen LogP contribution in [-0.4, -0.2) is 31.0 Å². The third kappa shape index (κ3) is 5.42. The lowest BCUT2D eigenvalue weighted by atomic mass is 10.1. The van der Waals surface area contributed by atoms with Crippen molar-refractivity contribution in [3.05, 3.63) is 59.5 Å². The molecular weight excluding hydrogens is 410 g/mol. The lowest BCUT2D eigenvalue weighted by Crippen LogP contribution is -2.13. The van der Waals surface area contributed by atoms with Crippen molar-refractivity contribution in [3.63, 3.8) is 0 Å². The Bertz CT molecular complexity index is 1210. The summed E-state index contributed by atoms with van der Waals surface area (Å²) in [4.78, 5) is 15.5. The molecule has 0 bridgehead atoms. The van der Waals surface area contributed by atoms with Gasteiger partial charge in [-0.25, -0.2) is 13.4 Å². The Balaban J connectivity index is 1.84. The molecule has 148 valence electrons. The number of aromatic nitrogens is 1. The fraction of sp³-hybridized carbons (Fsp3) is 0.100. The molecule has 3 N–H and O–H groups in total. The Hall–Kier alpha value is -3.19. The second kappa shape index (κ2) is 8.87. The summed E-state index contributed by atoms with van der Waals surface area (Å²) in [6.07, 6.45) is 0. The Morgan fingerprint density at radius 1 is 1.21 bits per heavy atom. The number of anilines is 2. The first-order valence-electron chi connectivity index (χ1n) is 8.43. The Morgan fingerprint density at radius 3 is 2.76 bits per heavy atom. The number of carbonyl (C=O) groups excluding carboxylic acids is 1. The summed E-state index contributed by atoms with van der Waals surface area (Å²) in [5.41, 5.74) is 2.20. The van der Waals surface area contributed by atoms with E-state index in [1.807, 2.05) is 0 Å². The van der Waals surface area contributed by atoms with Gasteiger partial charge in [0.1, 0.15) is 6.61 Å². The number of hydrogen-bond acceptors (Lipinski definition) is 6. The Morgan fingerprint density at radius 2 is 2.00 bits per heavy atom. The summed E-state index contributed by atoms with van der Waals surface area (Å²) in [7, 11) is -3.83. The number of aliphatic hydroxyl groups excluding tert-OH is 1. The van der Waals surface area contributed by atoms with Crippen molar-refractivity contribution in [1.82, 2.24) is 4.98 Å². The second-order valence-electron chi connectivity index (χ2n) is 5.89. The van der Waals surface area contributed by atoms with Crippen molar-refractivity contribution in [1.29, 1.82) is 0 Å². The van der Waals surface area contributed by atoms with Crippen LogP contribution in [-0.2, 0) is 14.8 Å². The van der Waals surface area contributed by atoms with Crippen LogP contribution in [0.25, 0.3) is 11.3 Å². The van der Waals surface area contributed by atoms with Gasteiger partial charge in [0.05, 0.1) is 10.6 Å². The number of rotatable bonds is 5. The van der Waals surface area contributed by atoms with E-state index < -0.39 is 10.0 Å². The topological polar surface area (TPSA) is 108 Å². The van der Waals surface area contributed by atoms with E-state index >= 15 is 0 Å². The Labute approximate surface area is 172 Å². The van der Waals surface area contributed by atoms with Crippen molar-refractivity contribution in [2.24, 2.45) is 0 Å². The molecule has 1 heterocycles. The van der Waals surface area contributed by atoms with E-state index in [0.717, 1.165) is 0 Å². The number of sulfonamides is 1. The van der Waals surface area contributed by atoms with E-state index in [1.165, 1.54) is 30.4 Å². The molecule has 0 radical (unpaired) electrons. The first-order valence-corrected chi connectivity index (χ1v) is 10.8. The highest BCUT2D eigenvalue weighted by Gasteiger charge is 2.15. The van der Waals surface area contributed by atoms with Crippen molar-refractivity contribution in [3.8, 4) is 23.1 Å². The number of carbonyl (C=O) groups is 1. The number of hydrogen-bond donors (Lipinski definition) is 3. The molecular formula is C20H17N3O4S2. The maximum atomic E-state index is 12.7. The van der Waals surface area contributed by atoms with Crippen LogP contribution in [0, 0.1) is 11.8 Å². The number of aliphatic hydroxyl groups is 1. The predicted octanol–water partition coefficient (Wildman–Crippen LogP) is 2.91. The van der Waals surface area contributed by atoms with Gasteiger partial charge in [-0.15, -0.1) is 11.3 Å². The molecule has 1 aromatic heterocycles. The molecule has 0 aliphatic rings. The minimum atomic E-state index is -3.83. The third-order valence-electron chi connectivity index (χ3n) is 3.65. The molecule has 3 aromatic rings. The standard InChI is InChI=1S/C20H17N3O4S2/c1-14(25)21-20-22-19(13-28-20)16-7-3-8-17(12-16)23-29(26,27)18-9-2-5-15(11-18)6-4-10-24/h2-3,5,7-9,11-13,23-24H,10H2,1H3,(H,21,22,25). The van der Waals surface area contributed by atoms with Gasteiger partial charge in [-0.3, -0.25) is 9.52 Å². The van der Waals surface area contributed by atoms with Crippen molar-refractivity contribution < 1.29 is 18.3 Å². The van der Waals surface area contributed by atoms with Gasteiger partial charge in [0.25, 0.3) is 10.0 Å². The molecule has 1 amide bonds. The summed E-state index contributed by atoms with van der Waals surface area (Å²) in [6, 6.07) is 13.0. The molecule has 0 spiro atoms. The zero-order valence-electron chi connectivity index (χ0n) is 15.3. The summed E-state index contributed by atoms with van der Waals surface area (Å²) >= 11 is 1.28. The van der Waals surface area contributed by atoms with Crippen LogP contribution in [0.15, 0.2) is 58.8 Å². The molecule has 7 nitrogen and oxygen atoms in total. The first-order chi connectivity index (χ1) is 13.9. The number of nitrogens with zero attached hydrogens (tertiary/aromatic N) is 1. The number of amides is 1. The van der Waals surface area contributed by atoms with E-state index in [1.54, 1.807) is 41.8 Å². The van der Waals surface area contributed by atoms with Gasteiger partial charge >= 0.3 is 0 Å². The highest BCUT2D eigenvalue weighted by molar-refractivity contribution is 7.92. The molecule has 0 aliphatic heterocycles. The van der Waals surface area contributed by atoms with Crippen LogP contribution in [0.3, 0.4) is 0 Å². The predicted molar refractivity (Wildman–Crippen MR) is 113 cm³/mol. The monoisotopic (exact) mass is 427 g/mol. The molecule has 0 aliphatic carbocycles. The molecule has 0 saturated carbocycles. The zero-order valence-corrected chi connectivity index (χ0v) is 17.0. The minimum absolute atomic E-state index is 0.0641. The zero-order chi connectivity index (χ0) is 20.9. The molecule has 0 unspecified atom stereocenters.